The summed E-state index contributed by atoms with van der Waals surface area (Å²) in [6, 6.07) is 14.5. The van der Waals surface area contributed by atoms with Gasteiger partial charge < -0.3 is 20.1 Å². The maximum Gasteiger partial charge on any atom is 0.271 e. The predicted octanol–water partition coefficient (Wildman–Crippen LogP) is 3.33. The van der Waals surface area contributed by atoms with Gasteiger partial charge in [0.25, 0.3) is 5.91 Å². The second-order valence-corrected chi connectivity index (χ2v) is 7.22. The largest absolute Gasteiger partial charge is 0.485 e. The molecule has 2 bridgehead atoms. The van der Waals surface area contributed by atoms with Crippen LogP contribution in [0.1, 0.15) is 43.0 Å². The SMILES string of the molecule is CC1(C(=O)Nc2ccc3c(c2)C2CCC3N2)COc2ccccc2O1. The predicted molar refractivity (Wildman–Crippen MR) is 93.9 cm³/mol. The molecule has 128 valence electrons. The number of amides is 1. The van der Waals surface area contributed by atoms with Crippen molar-refractivity contribution in [3.63, 3.8) is 0 Å². The topological polar surface area (TPSA) is 59.6 Å². The lowest BCUT2D eigenvalue weighted by Gasteiger charge is -2.34. The van der Waals surface area contributed by atoms with Crippen molar-refractivity contribution >= 4 is 11.6 Å². The molecule has 3 aliphatic heterocycles. The molecule has 2 aromatic carbocycles. The number of rotatable bonds is 2. The van der Waals surface area contributed by atoms with Gasteiger partial charge in [0.05, 0.1) is 0 Å². The van der Waals surface area contributed by atoms with Crippen LogP contribution in [0.25, 0.3) is 0 Å². The van der Waals surface area contributed by atoms with Crippen molar-refractivity contribution in [3.05, 3.63) is 53.6 Å². The van der Waals surface area contributed by atoms with Gasteiger partial charge in [-0.25, -0.2) is 0 Å². The molecule has 0 aliphatic carbocycles. The maximum atomic E-state index is 12.8. The average Bonchev–Trinajstić information content (AvgIpc) is 3.24. The molecule has 3 heterocycles. The molecule has 2 N–H and O–H groups in total. The first kappa shape index (κ1) is 14.8. The molecule has 0 saturated carbocycles. The van der Waals surface area contributed by atoms with E-state index in [1.807, 2.05) is 30.3 Å². The summed E-state index contributed by atoms with van der Waals surface area (Å²) in [4.78, 5) is 12.8. The van der Waals surface area contributed by atoms with Crippen molar-refractivity contribution in [2.24, 2.45) is 0 Å². The molecule has 5 nitrogen and oxygen atoms in total. The molecule has 0 aromatic heterocycles. The van der Waals surface area contributed by atoms with Gasteiger partial charge in [0.2, 0.25) is 5.60 Å². The second-order valence-electron chi connectivity index (χ2n) is 7.22. The van der Waals surface area contributed by atoms with Gasteiger partial charge in [0.1, 0.15) is 6.61 Å². The third kappa shape index (κ3) is 2.30. The Labute approximate surface area is 146 Å². The van der Waals surface area contributed by atoms with Gasteiger partial charge in [-0.2, -0.15) is 0 Å². The van der Waals surface area contributed by atoms with Crippen LogP contribution in [-0.2, 0) is 4.79 Å². The number of anilines is 1. The van der Waals surface area contributed by atoms with E-state index < -0.39 is 5.60 Å². The van der Waals surface area contributed by atoms with Gasteiger partial charge in [0, 0.05) is 17.8 Å². The number of hydrogen-bond donors (Lipinski definition) is 2. The van der Waals surface area contributed by atoms with Crippen LogP contribution in [0.4, 0.5) is 5.69 Å². The van der Waals surface area contributed by atoms with E-state index in [1.54, 1.807) is 6.92 Å². The normalized spacial score (nSPS) is 28.5. The highest BCUT2D eigenvalue weighted by molar-refractivity contribution is 5.97. The summed E-state index contributed by atoms with van der Waals surface area (Å²) in [6.07, 6.45) is 2.37. The highest BCUT2D eigenvalue weighted by Gasteiger charge is 2.41. The Morgan fingerprint density at radius 2 is 1.88 bits per heavy atom. The number of fused-ring (bicyclic) bond motifs is 6. The average molecular weight is 336 g/mol. The summed E-state index contributed by atoms with van der Waals surface area (Å²) in [5, 5.41) is 6.60. The van der Waals surface area contributed by atoms with Gasteiger partial charge >= 0.3 is 0 Å². The van der Waals surface area contributed by atoms with Crippen molar-refractivity contribution in [3.8, 4) is 11.5 Å². The Kier molecular flexibility index (Phi) is 3.09. The molecule has 2 aromatic rings. The van der Waals surface area contributed by atoms with Gasteiger partial charge in [-0.1, -0.05) is 18.2 Å². The monoisotopic (exact) mass is 336 g/mol. The van der Waals surface area contributed by atoms with Crippen LogP contribution < -0.4 is 20.1 Å². The number of hydrogen-bond acceptors (Lipinski definition) is 4. The summed E-state index contributed by atoms with van der Waals surface area (Å²) < 4.78 is 11.7. The fourth-order valence-corrected chi connectivity index (χ4v) is 4.02. The molecule has 0 radical (unpaired) electrons. The first-order valence-electron chi connectivity index (χ1n) is 8.75. The molecular formula is C20H20N2O3. The Bertz CT molecular complexity index is 866. The summed E-state index contributed by atoms with van der Waals surface area (Å²) in [6.45, 7) is 1.95. The molecule has 1 saturated heterocycles. The van der Waals surface area contributed by atoms with Crippen LogP contribution in [0, 0.1) is 0 Å². The van der Waals surface area contributed by atoms with Crippen LogP contribution in [0.3, 0.4) is 0 Å². The molecule has 5 rings (SSSR count). The Balaban J connectivity index is 1.37. The smallest absolute Gasteiger partial charge is 0.271 e. The highest BCUT2D eigenvalue weighted by Crippen LogP contribution is 2.45. The third-order valence-corrected chi connectivity index (χ3v) is 5.41. The van der Waals surface area contributed by atoms with Gasteiger partial charge in [-0.15, -0.1) is 0 Å². The molecule has 5 heteroatoms. The Hall–Kier alpha value is -2.53. The van der Waals surface area contributed by atoms with Crippen molar-refractivity contribution in [2.75, 3.05) is 11.9 Å². The van der Waals surface area contributed by atoms with Gasteiger partial charge in [-0.3, -0.25) is 4.79 Å². The van der Waals surface area contributed by atoms with E-state index in [2.05, 4.69) is 22.8 Å². The molecule has 0 spiro atoms. The van der Waals surface area contributed by atoms with Crippen LogP contribution in [0.2, 0.25) is 0 Å². The fraction of sp³-hybridized carbons (Fsp3) is 0.350. The number of nitrogens with one attached hydrogen (secondary N) is 2. The first-order chi connectivity index (χ1) is 12.1. The number of carbonyl (C=O) groups is 1. The summed E-state index contributed by atoms with van der Waals surface area (Å²) in [7, 11) is 0. The van der Waals surface area contributed by atoms with E-state index in [0.717, 1.165) is 5.69 Å². The minimum absolute atomic E-state index is 0.188. The van der Waals surface area contributed by atoms with Crippen molar-refractivity contribution in [2.45, 2.75) is 37.5 Å². The third-order valence-electron chi connectivity index (χ3n) is 5.41. The maximum absolute atomic E-state index is 12.8. The van der Waals surface area contributed by atoms with E-state index in [-0.39, 0.29) is 12.5 Å². The van der Waals surface area contributed by atoms with Crippen molar-refractivity contribution < 1.29 is 14.3 Å². The Morgan fingerprint density at radius 3 is 2.72 bits per heavy atom. The molecule has 25 heavy (non-hydrogen) atoms. The zero-order valence-electron chi connectivity index (χ0n) is 14.0. The standard InChI is InChI=1S/C20H20N2O3/c1-20(11-24-17-4-2-3-5-18(17)25-20)19(23)21-12-6-7-13-14(10-12)16-9-8-15(13)22-16/h2-7,10,15-16,22H,8-9,11H2,1H3,(H,21,23). The highest BCUT2D eigenvalue weighted by atomic mass is 16.6. The minimum Gasteiger partial charge on any atom is -0.485 e. The van der Waals surface area contributed by atoms with Crippen molar-refractivity contribution in [1.29, 1.82) is 0 Å². The number of benzene rings is 2. The van der Waals surface area contributed by atoms with E-state index in [0.29, 0.717) is 23.6 Å². The van der Waals surface area contributed by atoms with E-state index in [4.69, 9.17) is 9.47 Å². The molecule has 1 fully saturated rings. The molecule has 3 aliphatic rings. The van der Waals surface area contributed by atoms with Crippen LogP contribution in [0.15, 0.2) is 42.5 Å². The van der Waals surface area contributed by atoms with Gasteiger partial charge in [-0.05, 0) is 55.2 Å². The minimum atomic E-state index is -1.05. The summed E-state index contributed by atoms with van der Waals surface area (Å²) >= 11 is 0. The van der Waals surface area contributed by atoms with Crippen molar-refractivity contribution in [1.82, 2.24) is 5.32 Å². The molecule has 3 atom stereocenters. The van der Waals surface area contributed by atoms with Crippen LogP contribution in [0.5, 0.6) is 11.5 Å². The zero-order valence-corrected chi connectivity index (χ0v) is 14.0. The zero-order chi connectivity index (χ0) is 17.0. The number of carbonyl (C=O) groups excluding carboxylic acids is 1. The van der Waals surface area contributed by atoms with E-state index in [1.165, 1.54) is 24.0 Å². The lowest BCUT2D eigenvalue weighted by molar-refractivity contribution is -0.134. The second kappa shape index (κ2) is 5.23. The first-order valence-corrected chi connectivity index (χ1v) is 8.75. The lowest BCUT2D eigenvalue weighted by atomic mass is 9.91. The summed E-state index contributed by atoms with van der Waals surface area (Å²) in [5.41, 5.74) is 2.43. The number of para-hydroxylation sites is 2. The van der Waals surface area contributed by atoms with Crippen LogP contribution in [-0.4, -0.2) is 18.1 Å². The van der Waals surface area contributed by atoms with E-state index in [9.17, 15) is 4.79 Å². The number of ether oxygens (including phenoxy) is 2. The summed E-state index contributed by atoms with van der Waals surface area (Å²) in [5.74, 6) is 1.08. The Morgan fingerprint density at radius 1 is 1.12 bits per heavy atom. The van der Waals surface area contributed by atoms with Gasteiger partial charge in [0.15, 0.2) is 11.5 Å². The van der Waals surface area contributed by atoms with Crippen LogP contribution >= 0.6 is 0 Å². The van der Waals surface area contributed by atoms with E-state index >= 15 is 0 Å². The molecule has 3 unspecified atom stereocenters. The molecule has 1 amide bonds. The molecular weight excluding hydrogens is 316 g/mol. The fourth-order valence-electron chi connectivity index (χ4n) is 4.02. The lowest BCUT2D eigenvalue weighted by Crippen LogP contribution is -2.52. The quantitative estimate of drug-likeness (QED) is 0.883.